The van der Waals surface area contributed by atoms with Crippen LogP contribution in [0.3, 0.4) is 0 Å². The molecule has 1 amide bonds. The molecule has 5 nitrogen and oxygen atoms in total. The van der Waals surface area contributed by atoms with Crippen molar-refractivity contribution in [2.45, 2.75) is 32.7 Å². The lowest BCUT2D eigenvalue weighted by molar-refractivity contribution is 0.0948. The van der Waals surface area contributed by atoms with Gasteiger partial charge in [-0.15, -0.1) is 11.3 Å². The second-order valence-electron chi connectivity index (χ2n) is 6.85. The number of carbonyl (C=O) groups is 1. The van der Waals surface area contributed by atoms with Crippen LogP contribution in [0, 0.1) is 11.6 Å². The molecule has 2 heterocycles. The molecule has 0 radical (unpaired) electrons. The molecular weight excluding hydrogens is 360 g/mol. The summed E-state index contributed by atoms with van der Waals surface area (Å²) in [5.74, 6) is -2.25. The van der Waals surface area contributed by atoms with E-state index in [0.717, 1.165) is 17.8 Å². The van der Waals surface area contributed by atoms with E-state index in [1.807, 2.05) is 26.2 Å². The van der Waals surface area contributed by atoms with E-state index in [4.69, 9.17) is 0 Å². The molecule has 0 aliphatic heterocycles. The second kappa shape index (κ2) is 6.60. The topological polar surface area (TPSA) is 63.5 Å². The molecule has 1 N–H and O–H groups in total. The van der Waals surface area contributed by atoms with Gasteiger partial charge in [-0.3, -0.25) is 14.0 Å². The van der Waals surface area contributed by atoms with Gasteiger partial charge >= 0.3 is 0 Å². The van der Waals surface area contributed by atoms with Crippen LogP contribution in [0.2, 0.25) is 0 Å². The van der Waals surface area contributed by atoms with Gasteiger partial charge in [0, 0.05) is 34.8 Å². The number of hydrogen-bond donors (Lipinski definition) is 1. The van der Waals surface area contributed by atoms with Crippen molar-refractivity contribution in [3.63, 3.8) is 0 Å². The lowest BCUT2D eigenvalue weighted by Crippen LogP contribution is -2.33. The second-order valence-corrected chi connectivity index (χ2v) is 7.69. The molecule has 3 aromatic rings. The van der Waals surface area contributed by atoms with E-state index in [-0.39, 0.29) is 23.1 Å². The molecule has 0 atom stereocenters. The number of carbonyl (C=O) groups excluding carboxylic acids is 1. The predicted octanol–water partition coefficient (Wildman–Crippen LogP) is 3.26. The van der Waals surface area contributed by atoms with Crippen molar-refractivity contribution >= 4 is 22.2 Å². The van der Waals surface area contributed by atoms with Gasteiger partial charge in [0.1, 0.15) is 17.2 Å². The lowest BCUT2D eigenvalue weighted by atomic mass is 9.93. The van der Waals surface area contributed by atoms with Crippen molar-refractivity contribution in [1.29, 1.82) is 0 Å². The summed E-state index contributed by atoms with van der Waals surface area (Å²) in [5.41, 5.74) is -0.517. The molecule has 0 aliphatic rings. The van der Waals surface area contributed by atoms with Gasteiger partial charge in [0.25, 0.3) is 11.5 Å². The Morgan fingerprint density at radius 2 is 1.92 bits per heavy atom. The number of aromatic nitrogens is 2. The first-order chi connectivity index (χ1) is 12.2. The number of nitrogens with one attached hydrogen (secondary N) is 1. The molecule has 0 bridgehead atoms. The Morgan fingerprint density at radius 1 is 1.27 bits per heavy atom. The number of benzene rings is 1. The third-order valence-corrected chi connectivity index (χ3v) is 4.79. The number of fused-ring (bicyclic) bond motifs is 1. The SMILES string of the molecule is CC(C)(C)c1csc2ncc(C(=O)NCc3c(F)cccc3F)c(=O)n12. The average Bonchev–Trinajstić information content (AvgIpc) is 2.99. The smallest absolute Gasteiger partial charge is 0.271 e. The highest BCUT2D eigenvalue weighted by Crippen LogP contribution is 2.25. The highest BCUT2D eigenvalue weighted by Gasteiger charge is 2.23. The molecule has 136 valence electrons. The minimum absolute atomic E-state index is 0.178. The third-order valence-electron chi connectivity index (χ3n) is 3.95. The van der Waals surface area contributed by atoms with E-state index >= 15 is 0 Å². The van der Waals surface area contributed by atoms with Crippen molar-refractivity contribution in [1.82, 2.24) is 14.7 Å². The van der Waals surface area contributed by atoms with Crippen LogP contribution in [-0.2, 0) is 12.0 Å². The first kappa shape index (κ1) is 18.2. The van der Waals surface area contributed by atoms with Crippen molar-refractivity contribution in [2.24, 2.45) is 0 Å². The highest BCUT2D eigenvalue weighted by atomic mass is 32.1. The normalized spacial score (nSPS) is 11.7. The first-order valence-corrected chi connectivity index (χ1v) is 8.79. The third kappa shape index (κ3) is 3.24. The number of rotatable bonds is 3. The van der Waals surface area contributed by atoms with Gasteiger partial charge in [-0.25, -0.2) is 13.8 Å². The fourth-order valence-corrected chi connectivity index (χ4v) is 3.61. The van der Waals surface area contributed by atoms with Crippen molar-refractivity contribution in [3.8, 4) is 0 Å². The first-order valence-electron chi connectivity index (χ1n) is 7.91. The van der Waals surface area contributed by atoms with Crippen molar-refractivity contribution < 1.29 is 13.6 Å². The molecule has 8 heteroatoms. The summed E-state index contributed by atoms with van der Waals surface area (Å²) in [6.45, 7) is 5.49. The van der Waals surface area contributed by atoms with Crippen LogP contribution in [-0.4, -0.2) is 15.3 Å². The monoisotopic (exact) mass is 377 g/mol. The lowest BCUT2D eigenvalue weighted by Gasteiger charge is -2.17. The number of amides is 1. The van der Waals surface area contributed by atoms with E-state index < -0.39 is 23.1 Å². The number of nitrogens with zero attached hydrogens (tertiary/aromatic N) is 2. The maximum atomic E-state index is 13.7. The molecule has 3 rings (SSSR count). The maximum Gasteiger partial charge on any atom is 0.271 e. The fourth-order valence-electron chi connectivity index (χ4n) is 2.53. The largest absolute Gasteiger partial charge is 0.348 e. The van der Waals surface area contributed by atoms with E-state index in [1.165, 1.54) is 28.0 Å². The van der Waals surface area contributed by atoms with Crippen molar-refractivity contribution in [2.75, 3.05) is 0 Å². The summed E-state index contributed by atoms with van der Waals surface area (Å²) in [6.07, 6.45) is 1.19. The summed E-state index contributed by atoms with van der Waals surface area (Å²) in [4.78, 5) is 29.8. The van der Waals surface area contributed by atoms with Crippen LogP contribution in [0.25, 0.3) is 4.96 Å². The minimum atomic E-state index is -0.761. The Kier molecular flexibility index (Phi) is 4.62. The zero-order valence-corrected chi connectivity index (χ0v) is 15.3. The Labute approximate surface area is 152 Å². The standard InChI is InChI=1S/C18H17F2N3O2S/c1-18(2,3)14-9-26-17-22-8-11(16(25)23(14)17)15(24)21-7-10-12(19)5-4-6-13(10)20/h4-6,8-9H,7H2,1-3H3,(H,21,24). The Hall–Kier alpha value is -2.61. The maximum absolute atomic E-state index is 13.7. The molecule has 26 heavy (non-hydrogen) atoms. The van der Waals surface area contributed by atoms with Crippen LogP contribution in [0.4, 0.5) is 8.78 Å². The predicted molar refractivity (Wildman–Crippen MR) is 95.6 cm³/mol. The van der Waals surface area contributed by atoms with Crippen LogP contribution >= 0.6 is 11.3 Å². The Bertz CT molecular complexity index is 1030. The Morgan fingerprint density at radius 3 is 2.54 bits per heavy atom. The molecule has 0 unspecified atom stereocenters. The number of thiazole rings is 1. The van der Waals surface area contributed by atoms with Crippen LogP contribution < -0.4 is 10.9 Å². The highest BCUT2D eigenvalue weighted by molar-refractivity contribution is 7.15. The molecule has 0 aliphatic carbocycles. The summed E-state index contributed by atoms with van der Waals surface area (Å²) >= 11 is 1.31. The summed E-state index contributed by atoms with van der Waals surface area (Å²) < 4.78 is 28.7. The molecule has 2 aromatic heterocycles. The van der Waals surface area contributed by atoms with E-state index in [0.29, 0.717) is 4.96 Å². The van der Waals surface area contributed by atoms with Gasteiger partial charge in [-0.1, -0.05) is 26.8 Å². The average molecular weight is 377 g/mol. The summed E-state index contributed by atoms with van der Waals surface area (Å²) in [6, 6.07) is 3.45. The molecule has 0 saturated heterocycles. The zero-order chi connectivity index (χ0) is 19.1. The van der Waals surface area contributed by atoms with Gasteiger partial charge in [0.2, 0.25) is 0 Å². The Balaban J connectivity index is 1.94. The van der Waals surface area contributed by atoms with Crippen LogP contribution in [0.1, 0.15) is 42.4 Å². The van der Waals surface area contributed by atoms with E-state index in [9.17, 15) is 18.4 Å². The number of hydrogen-bond acceptors (Lipinski definition) is 4. The summed E-state index contributed by atoms with van der Waals surface area (Å²) in [7, 11) is 0. The molecule has 0 fully saturated rings. The van der Waals surface area contributed by atoms with Crippen LogP contribution in [0.15, 0.2) is 34.6 Å². The zero-order valence-electron chi connectivity index (χ0n) is 14.5. The molecule has 0 saturated carbocycles. The molecule has 0 spiro atoms. The molecular formula is C18H17F2N3O2S. The fraction of sp³-hybridized carbons (Fsp3) is 0.278. The molecule has 1 aromatic carbocycles. The van der Waals surface area contributed by atoms with Gasteiger partial charge in [0.15, 0.2) is 4.96 Å². The van der Waals surface area contributed by atoms with Gasteiger partial charge in [0.05, 0.1) is 0 Å². The summed E-state index contributed by atoms with van der Waals surface area (Å²) in [5, 5.41) is 4.22. The van der Waals surface area contributed by atoms with E-state index in [1.54, 1.807) is 0 Å². The van der Waals surface area contributed by atoms with E-state index in [2.05, 4.69) is 10.3 Å². The van der Waals surface area contributed by atoms with Gasteiger partial charge in [-0.2, -0.15) is 0 Å². The van der Waals surface area contributed by atoms with Crippen molar-refractivity contribution in [3.05, 3.63) is 68.6 Å². The van der Waals surface area contributed by atoms with Crippen LogP contribution in [0.5, 0.6) is 0 Å². The quantitative estimate of drug-likeness (QED) is 0.762. The number of halogens is 2. The minimum Gasteiger partial charge on any atom is -0.348 e. The van der Waals surface area contributed by atoms with Gasteiger partial charge in [-0.05, 0) is 12.1 Å². The van der Waals surface area contributed by atoms with Gasteiger partial charge < -0.3 is 5.32 Å².